The molecular formula is C21H20N4O2. The molecule has 0 radical (unpaired) electrons. The van der Waals surface area contributed by atoms with Gasteiger partial charge in [0.1, 0.15) is 12.4 Å². The molecule has 0 bridgehead atoms. The van der Waals surface area contributed by atoms with Gasteiger partial charge in [0.15, 0.2) is 0 Å². The van der Waals surface area contributed by atoms with Crippen LogP contribution in [0, 0.1) is 0 Å². The zero-order chi connectivity index (χ0) is 18.5. The van der Waals surface area contributed by atoms with Crippen molar-refractivity contribution in [2.75, 3.05) is 5.32 Å². The van der Waals surface area contributed by atoms with E-state index in [1.54, 1.807) is 12.4 Å². The Morgan fingerprint density at radius 2 is 2.04 bits per heavy atom. The van der Waals surface area contributed by atoms with Crippen molar-refractivity contribution in [3.63, 3.8) is 0 Å². The Balaban J connectivity index is 1.41. The molecule has 0 aliphatic rings. The van der Waals surface area contributed by atoms with Gasteiger partial charge in [-0.15, -0.1) is 0 Å². The Morgan fingerprint density at radius 3 is 2.85 bits per heavy atom. The number of nitrogens with zero attached hydrogens (tertiary/aromatic N) is 2. The van der Waals surface area contributed by atoms with Crippen LogP contribution < -0.4 is 10.1 Å². The lowest BCUT2D eigenvalue weighted by Crippen LogP contribution is -2.15. The number of carbonyl (C=O) groups excluding carboxylic acids is 1. The van der Waals surface area contributed by atoms with E-state index in [2.05, 4.69) is 19.9 Å². The molecule has 136 valence electrons. The van der Waals surface area contributed by atoms with Crippen molar-refractivity contribution >= 4 is 22.8 Å². The Hall–Kier alpha value is -3.54. The molecule has 0 fully saturated rings. The summed E-state index contributed by atoms with van der Waals surface area (Å²) in [5.74, 6) is 1.20. The molecule has 2 heterocycles. The molecule has 0 aliphatic carbocycles. The summed E-state index contributed by atoms with van der Waals surface area (Å²) in [4.78, 5) is 18.9. The van der Waals surface area contributed by atoms with E-state index in [1.165, 1.54) is 0 Å². The third-order valence-corrected chi connectivity index (χ3v) is 4.33. The maximum atomic E-state index is 12.1. The van der Waals surface area contributed by atoms with Crippen molar-refractivity contribution in [3.8, 4) is 5.75 Å². The van der Waals surface area contributed by atoms with E-state index < -0.39 is 0 Å². The number of anilines is 1. The van der Waals surface area contributed by atoms with Crippen molar-refractivity contribution in [1.82, 2.24) is 14.5 Å². The van der Waals surface area contributed by atoms with Crippen LogP contribution in [0.15, 0.2) is 73.2 Å². The first kappa shape index (κ1) is 16.9. The van der Waals surface area contributed by atoms with Crippen molar-refractivity contribution in [3.05, 3.63) is 78.8 Å². The van der Waals surface area contributed by atoms with Gasteiger partial charge in [-0.2, -0.15) is 0 Å². The number of ether oxygens (including phenoxy) is 1. The topological polar surface area (TPSA) is 71.9 Å². The van der Waals surface area contributed by atoms with E-state index in [-0.39, 0.29) is 5.91 Å². The minimum atomic E-state index is -0.0803. The van der Waals surface area contributed by atoms with Crippen LogP contribution in [0.25, 0.3) is 10.9 Å². The zero-order valence-electron chi connectivity index (χ0n) is 14.8. The molecular weight excluding hydrogens is 340 g/mol. The van der Waals surface area contributed by atoms with Crippen LogP contribution in [0.3, 0.4) is 0 Å². The summed E-state index contributed by atoms with van der Waals surface area (Å²) in [6.07, 6.45) is 5.63. The fraction of sp³-hybridized carbons (Fsp3) is 0.143. The number of rotatable bonds is 7. The number of hydrogen-bond donors (Lipinski definition) is 2. The first-order chi connectivity index (χ1) is 13.3. The Labute approximate surface area is 156 Å². The molecule has 2 aromatic heterocycles. The van der Waals surface area contributed by atoms with Gasteiger partial charge in [-0.1, -0.05) is 30.3 Å². The second kappa shape index (κ2) is 7.78. The molecule has 6 nitrogen and oxygen atoms in total. The molecule has 0 unspecified atom stereocenters. The van der Waals surface area contributed by atoms with E-state index in [0.717, 1.165) is 22.2 Å². The van der Waals surface area contributed by atoms with E-state index in [4.69, 9.17) is 4.74 Å². The normalized spacial score (nSPS) is 10.8. The number of imidazole rings is 1. The molecule has 0 saturated carbocycles. The standard InChI is InChI=1S/C21H20N4O2/c26-20(24-21-22-10-11-23-21)9-13-25-12-8-17-6-7-18(14-19(17)25)27-15-16-4-2-1-3-5-16/h1-8,10-12,14H,9,13,15H2,(H2,22,23,24,26). The van der Waals surface area contributed by atoms with E-state index in [1.807, 2.05) is 60.8 Å². The van der Waals surface area contributed by atoms with Crippen LogP contribution in [0.1, 0.15) is 12.0 Å². The lowest BCUT2D eigenvalue weighted by Gasteiger charge is -2.09. The molecule has 0 saturated heterocycles. The van der Waals surface area contributed by atoms with Crippen molar-refractivity contribution in [1.29, 1.82) is 0 Å². The highest BCUT2D eigenvalue weighted by molar-refractivity contribution is 5.89. The number of aromatic nitrogens is 3. The van der Waals surface area contributed by atoms with Crippen LogP contribution in [-0.4, -0.2) is 20.4 Å². The number of hydrogen-bond acceptors (Lipinski definition) is 3. The first-order valence-corrected chi connectivity index (χ1v) is 8.83. The van der Waals surface area contributed by atoms with Crippen LogP contribution >= 0.6 is 0 Å². The third-order valence-electron chi connectivity index (χ3n) is 4.33. The van der Waals surface area contributed by atoms with Gasteiger partial charge >= 0.3 is 0 Å². The van der Waals surface area contributed by atoms with Crippen LogP contribution in [0.2, 0.25) is 0 Å². The lowest BCUT2D eigenvalue weighted by atomic mass is 10.2. The SMILES string of the molecule is O=C(CCn1ccc2ccc(OCc3ccccc3)cc21)Nc1ncc[nH]1. The van der Waals surface area contributed by atoms with Crippen molar-refractivity contribution < 1.29 is 9.53 Å². The van der Waals surface area contributed by atoms with Gasteiger partial charge in [0.2, 0.25) is 11.9 Å². The van der Waals surface area contributed by atoms with E-state index in [0.29, 0.717) is 25.5 Å². The minimum absolute atomic E-state index is 0.0803. The summed E-state index contributed by atoms with van der Waals surface area (Å²) in [5.41, 5.74) is 2.17. The third kappa shape index (κ3) is 4.17. The molecule has 4 rings (SSSR count). The summed E-state index contributed by atoms with van der Waals surface area (Å²) in [5, 5.41) is 3.86. The summed E-state index contributed by atoms with van der Waals surface area (Å²) < 4.78 is 7.98. The second-order valence-electron chi connectivity index (χ2n) is 6.24. The van der Waals surface area contributed by atoms with Gasteiger partial charge in [-0.05, 0) is 29.1 Å². The molecule has 2 N–H and O–H groups in total. The Morgan fingerprint density at radius 1 is 1.15 bits per heavy atom. The van der Waals surface area contributed by atoms with E-state index in [9.17, 15) is 4.79 Å². The van der Waals surface area contributed by atoms with Crippen LogP contribution in [-0.2, 0) is 17.9 Å². The lowest BCUT2D eigenvalue weighted by molar-refractivity contribution is -0.116. The quantitative estimate of drug-likeness (QED) is 0.524. The number of amides is 1. The molecule has 1 amide bonds. The van der Waals surface area contributed by atoms with E-state index >= 15 is 0 Å². The Bertz CT molecular complexity index is 1020. The predicted octanol–water partition coefficient (Wildman–Crippen LogP) is 3.97. The van der Waals surface area contributed by atoms with Crippen LogP contribution in [0.4, 0.5) is 5.95 Å². The van der Waals surface area contributed by atoms with Gasteiger partial charge in [0.05, 0.1) is 5.52 Å². The molecule has 0 aliphatic heterocycles. The minimum Gasteiger partial charge on any atom is -0.489 e. The smallest absolute Gasteiger partial charge is 0.228 e. The number of aryl methyl sites for hydroxylation is 1. The van der Waals surface area contributed by atoms with Gasteiger partial charge < -0.3 is 14.3 Å². The molecule has 2 aromatic carbocycles. The number of benzene rings is 2. The zero-order valence-corrected chi connectivity index (χ0v) is 14.8. The van der Waals surface area contributed by atoms with Gasteiger partial charge in [0.25, 0.3) is 0 Å². The van der Waals surface area contributed by atoms with Gasteiger partial charge in [0, 0.05) is 37.6 Å². The maximum Gasteiger partial charge on any atom is 0.228 e. The molecule has 27 heavy (non-hydrogen) atoms. The maximum absolute atomic E-state index is 12.1. The summed E-state index contributed by atoms with van der Waals surface area (Å²) >= 11 is 0. The highest BCUT2D eigenvalue weighted by atomic mass is 16.5. The van der Waals surface area contributed by atoms with Crippen molar-refractivity contribution in [2.45, 2.75) is 19.6 Å². The number of nitrogens with one attached hydrogen (secondary N) is 2. The van der Waals surface area contributed by atoms with Gasteiger partial charge in [-0.3, -0.25) is 10.1 Å². The van der Waals surface area contributed by atoms with Gasteiger partial charge in [-0.25, -0.2) is 4.98 Å². The highest BCUT2D eigenvalue weighted by Crippen LogP contribution is 2.23. The predicted molar refractivity (Wildman–Crippen MR) is 105 cm³/mol. The number of carbonyl (C=O) groups is 1. The average Bonchev–Trinajstić information content (AvgIpc) is 3.35. The number of H-pyrrole nitrogens is 1. The largest absolute Gasteiger partial charge is 0.489 e. The average molecular weight is 360 g/mol. The number of fused-ring (bicyclic) bond motifs is 1. The fourth-order valence-corrected chi connectivity index (χ4v) is 2.94. The second-order valence-corrected chi connectivity index (χ2v) is 6.24. The highest BCUT2D eigenvalue weighted by Gasteiger charge is 2.07. The summed E-state index contributed by atoms with van der Waals surface area (Å²) in [7, 11) is 0. The van der Waals surface area contributed by atoms with Crippen molar-refractivity contribution in [2.24, 2.45) is 0 Å². The fourth-order valence-electron chi connectivity index (χ4n) is 2.94. The molecule has 0 spiro atoms. The Kier molecular flexibility index (Phi) is 4.87. The monoisotopic (exact) mass is 360 g/mol. The summed E-state index contributed by atoms with van der Waals surface area (Å²) in [6, 6.07) is 18.1. The molecule has 0 atom stereocenters. The first-order valence-electron chi connectivity index (χ1n) is 8.83. The molecule has 6 heteroatoms. The number of aromatic amines is 1. The van der Waals surface area contributed by atoms with Crippen LogP contribution in [0.5, 0.6) is 5.75 Å². The summed E-state index contributed by atoms with van der Waals surface area (Å²) in [6.45, 7) is 1.11. The molecule has 4 aromatic rings.